The molecule has 0 unspecified atom stereocenters. The summed E-state index contributed by atoms with van der Waals surface area (Å²) in [6, 6.07) is 15.3. The van der Waals surface area contributed by atoms with E-state index < -0.39 is 5.97 Å². The third-order valence-corrected chi connectivity index (χ3v) is 4.24. The first-order valence-corrected chi connectivity index (χ1v) is 7.90. The maximum Gasteiger partial charge on any atom is 0.331 e. The monoisotopic (exact) mass is 325 g/mol. The predicted octanol–water partition coefficient (Wildman–Crippen LogP) is 4.06. The highest BCUT2D eigenvalue weighted by Gasteiger charge is 2.05. The highest BCUT2D eigenvalue weighted by Crippen LogP contribution is 2.22. The fourth-order valence-electron chi connectivity index (χ4n) is 2.12. The summed E-state index contributed by atoms with van der Waals surface area (Å²) in [4.78, 5) is 16.3. The number of aromatic nitrogens is 1. The molecule has 0 aliphatic heterocycles. The lowest BCUT2D eigenvalue weighted by atomic mass is 10.2. The largest absolute Gasteiger partial charge is 0.496 e. The molecule has 5 heteroatoms. The summed E-state index contributed by atoms with van der Waals surface area (Å²) in [7, 11) is 1.59. The lowest BCUT2D eigenvalue weighted by Crippen LogP contribution is -2.02. The molecule has 0 amide bonds. The molecule has 3 aromatic rings. The fourth-order valence-corrected chi connectivity index (χ4v) is 2.99. The number of fused-ring (bicyclic) bond motifs is 1. The molecule has 0 spiro atoms. The van der Waals surface area contributed by atoms with Crippen molar-refractivity contribution in [3.05, 3.63) is 65.2 Å². The highest BCUT2D eigenvalue weighted by molar-refractivity contribution is 7.19. The van der Waals surface area contributed by atoms with Crippen LogP contribution in [0.25, 0.3) is 16.3 Å². The Balaban J connectivity index is 1.62. The van der Waals surface area contributed by atoms with Crippen molar-refractivity contribution in [1.82, 2.24) is 4.98 Å². The van der Waals surface area contributed by atoms with Gasteiger partial charge < -0.3 is 9.47 Å². The molecule has 0 N–H and O–H groups in total. The molecular formula is C18H15NO3S. The molecule has 0 saturated carbocycles. The Bertz CT molecular complexity index is 821. The van der Waals surface area contributed by atoms with Gasteiger partial charge in [0.15, 0.2) is 0 Å². The molecule has 0 aliphatic carbocycles. The summed E-state index contributed by atoms with van der Waals surface area (Å²) in [5, 5.41) is 0.778. The van der Waals surface area contributed by atoms with E-state index in [1.165, 1.54) is 17.4 Å². The first-order chi connectivity index (χ1) is 11.3. The number of rotatable bonds is 5. The number of benzene rings is 2. The average Bonchev–Trinajstić information content (AvgIpc) is 3.01. The third kappa shape index (κ3) is 3.76. The van der Waals surface area contributed by atoms with Gasteiger partial charge in [0.2, 0.25) is 0 Å². The minimum atomic E-state index is -0.407. The van der Waals surface area contributed by atoms with Crippen LogP contribution in [0.2, 0.25) is 0 Å². The highest BCUT2D eigenvalue weighted by atomic mass is 32.1. The zero-order valence-corrected chi connectivity index (χ0v) is 13.4. The summed E-state index contributed by atoms with van der Waals surface area (Å²) in [6.45, 7) is 0.174. The molecular weight excluding hydrogens is 310 g/mol. The Labute approximate surface area is 138 Å². The molecule has 1 aromatic heterocycles. The molecule has 23 heavy (non-hydrogen) atoms. The van der Waals surface area contributed by atoms with Gasteiger partial charge in [-0.1, -0.05) is 30.3 Å². The molecule has 4 nitrogen and oxygen atoms in total. The Kier molecular flexibility index (Phi) is 4.68. The number of hydrogen-bond acceptors (Lipinski definition) is 5. The van der Waals surface area contributed by atoms with E-state index >= 15 is 0 Å². The number of ether oxygens (including phenoxy) is 2. The van der Waals surface area contributed by atoms with Gasteiger partial charge in [0.1, 0.15) is 17.4 Å². The molecule has 0 aliphatic rings. The smallest absolute Gasteiger partial charge is 0.331 e. The fraction of sp³-hybridized carbons (Fsp3) is 0.111. The molecule has 2 aromatic carbocycles. The summed E-state index contributed by atoms with van der Waals surface area (Å²) >= 11 is 1.53. The van der Waals surface area contributed by atoms with Crippen LogP contribution in [0.5, 0.6) is 5.75 Å². The molecule has 0 saturated heterocycles. The van der Waals surface area contributed by atoms with Gasteiger partial charge in [-0.05, 0) is 24.3 Å². The van der Waals surface area contributed by atoms with Crippen molar-refractivity contribution in [3.8, 4) is 5.75 Å². The van der Waals surface area contributed by atoms with Crippen LogP contribution in [-0.2, 0) is 16.1 Å². The minimum absolute atomic E-state index is 0.174. The summed E-state index contributed by atoms with van der Waals surface area (Å²) < 4.78 is 11.6. The number of methoxy groups -OCH3 is 1. The number of carbonyl (C=O) groups is 1. The second kappa shape index (κ2) is 7.07. The van der Waals surface area contributed by atoms with E-state index in [-0.39, 0.29) is 6.61 Å². The Morgan fingerprint density at radius 2 is 1.96 bits per heavy atom. The van der Waals surface area contributed by atoms with Crippen molar-refractivity contribution < 1.29 is 14.3 Å². The van der Waals surface area contributed by atoms with E-state index in [0.29, 0.717) is 5.75 Å². The zero-order valence-electron chi connectivity index (χ0n) is 12.6. The number of hydrogen-bond donors (Lipinski definition) is 0. The van der Waals surface area contributed by atoms with Gasteiger partial charge in [0.25, 0.3) is 0 Å². The van der Waals surface area contributed by atoms with E-state index in [4.69, 9.17) is 9.47 Å². The second-order valence-corrected chi connectivity index (χ2v) is 5.83. The van der Waals surface area contributed by atoms with Gasteiger partial charge >= 0.3 is 5.97 Å². The van der Waals surface area contributed by atoms with Gasteiger partial charge in [-0.2, -0.15) is 0 Å². The van der Waals surface area contributed by atoms with Crippen molar-refractivity contribution in [2.45, 2.75) is 6.61 Å². The molecule has 116 valence electrons. The summed E-state index contributed by atoms with van der Waals surface area (Å²) in [5.74, 6) is 0.297. The SMILES string of the molecule is COc1ccccc1COC(=O)/C=C/c1nc2ccccc2s1. The number of carbonyl (C=O) groups excluding carboxylic acids is 1. The number of thiazole rings is 1. The van der Waals surface area contributed by atoms with Gasteiger partial charge in [0, 0.05) is 11.6 Å². The summed E-state index contributed by atoms with van der Waals surface area (Å²) in [5.41, 5.74) is 1.76. The van der Waals surface area contributed by atoms with Gasteiger partial charge in [-0.25, -0.2) is 9.78 Å². The predicted molar refractivity (Wildman–Crippen MR) is 91.4 cm³/mol. The van der Waals surface area contributed by atoms with Crippen molar-refractivity contribution in [2.75, 3.05) is 7.11 Å². The first kappa shape index (κ1) is 15.2. The number of esters is 1. The molecule has 1 heterocycles. The topological polar surface area (TPSA) is 48.4 Å². The van der Waals surface area contributed by atoms with E-state index in [9.17, 15) is 4.79 Å². The van der Waals surface area contributed by atoms with Crippen molar-refractivity contribution in [1.29, 1.82) is 0 Å². The molecule has 0 bridgehead atoms. The second-order valence-electron chi connectivity index (χ2n) is 4.77. The first-order valence-electron chi connectivity index (χ1n) is 7.08. The number of nitrogens with zero attached hydrogens (tertiary/aromatic N) is 1. The van der Waals surface area contributed by atoms with Gasteiger partial charge in [-0.3, -0.25) is 0 Å². The van der Waals surface area contributed by atoms with E-state index in [1.54, 1.807) is 13.2 Å². The van der Waals surface area contributed by atoms with Crippen molar-refractivity contribution in [3.63, 3.8) is 0 Å². The van der Waals surface area contributed by atoms with Crippen LogP contribution in [-0.4, -0.2) is 18.1 Å². The van der Waals surface area contributed by atoms with Crippen LogP contribution in [0.4, 0.5) is 0 Å². The van der Waals surface area contributed by atoms with Crippen molar-refractivity contribution in [2.24, 2.45) is 0 Å². The van der Waals surface area contributed by atoms with Gasteiger partial charge in [-0.15, -0.1) is 11.3 Å². The van der Waals surface area contributed by atoms with E-state index in [1.807, 2.05) is 48.5 Å². The minimum Gasteiger partial charge on any atom is -0.496 e. The van der Waals surface area contributed by atoms with Crippen LogP contribution in [0, 0.1) is 0 Å². The van der Waals surface area contributed by atoms with Crippen LogP contribution < -0.4 is 4.74 Å². The lowest BCUT2D eigenvalue weighted by Gasteiger charge is -2.07. The van der Waals surface area contributed by atoms with E-state index in [0.717, 1.165) is 20.8 Å². The quantitative estimate of drug-likeness (QED) is 0.524. The van der Waals surface area contributed by atoms with Crippen LogP contribution >= 0.6 is 11.3 Å². The zero-order chi connectivity index (χ0) is 16.1. The third-order valence-electron chi connectivity index (χ3n) is 3.23. The van der Waals surface area contributed by atoms with Gasteiger partial charge in [0.05, 0.1) is 17.3 Å². The normalized spacial score (nSPS) is 11.0. The average molecular weight is 325 g/mol. The van der Waals surface area contributed by atoms with Crippen LogP contribution in [0.1, 0.15) is 10.6 Å². The van der Waals surface area contributed by atoms with Crippen LogP contribution in [0.15, 0.2) is 54.6 Å². The Morgan fingerprint density at radius 1 is 1.17 bits per heavy atom. The van der Waals surface area contributed by atoms with E-state index in [2.05, 4.69) is 4.98 Å². The Hall–Kier alpha value is -2.66. The number of para-hydroxylation sites is 2. The van der Waals surface area contributed by atoms with Crippen molar-refractivity contribution >= 4 is 33.6 Å². The standard InChI is InChI=1S/C18H15NO3S/c1-21-15-8-4-2-6-13(15)12-22-18(20)11-10-17-19-14-7-3-5-9-16(14)23-17/h2-11H,12H2,1H3/b11-10+. The lowest BCUT2D eigenvalue weighted by molar-refractivity contribution is -0.138. The molecule has 3 rings (SSSR count). The Morgan fingerprint density at radius 3 is 2.78 bits per heavy atom. The van der Waals surface area contributed by atoms with Crippen LogP contribution in [0.3, 0.4) is 0 Å². The maximum absolute atomic E-state index is 11.8. The molecule has 0 atom stereocenters. The molecule has 0 radical (unpaired) electrons. The molecule has 0 fully saturated rings. The maximum atomic E-state index is 11.8. The summed E-state index contributed by atoms with van der Waals surface area (Å²) in [6.07, 6.45) is 3.07.